The van der Waals surface area contributed by atoms with Crippen molar-refractivity contribution < 1.29 is 14.1 Å². The first-order chi connectivity index (χ1) is 12.5. The van der Waals surface area contributed by atoms with Gasteiger partial charge < -0.3 is 4.42 Å². The molecule has 1 heterocycles. The predicted octanol–water partition coefficient (Wildman–Crippen LogP) is 4.92. The van der Waals surface area contributed by atoms with E-state index >= 15 is 0 Å². The van der Waals surface area contributed by atoms with Crippen LogP contribution < -0.4 is 0 Å². The Bertz CT molecular complexity index is 960. The molecule has 0 aliphatic carbocycles. The van der Waals surface area contributed by atoms with Gasteiger partial charge in [-0.1, -0.05) is 28.1 Å². The lowest BCUT2D eigenvalue weighted by atomic mass is 10.1. The summed E-state index contributed by atoms with van der Waals surface area (Å²) in [4.78, 5) is 26.3. The number of halogens is 1. The van der Waals surface area contributed by atoms with Crippen LogP contribution in [0.15, 0.2) is 74.5 Å². The van der Waals surface area contributed by atoms with Gasteiger partial charge in [0.1, 0.15) is 18.1 Å². The first-order valence-electron chi connectivity index (χ1n) is 7.66. The van der Waals surface area contributed by atoms with Gasteiger partial charge in [0.15, 0.2) is 5.78 Å². The van der Waals surface area contributed by atoms with E-state index in [-0.39, 0.29) is 18.0 Å². The van der Waals surface area contributed by atoms with E-state index in [1.807, 2.05) is 30.3 Å². The number of furan rings is 1. The largest absolute Gasteiger partial charge is 0.455 e. The topological polar surface area (TPSA) is 85.7 Å². The van der Waals surface area contributed by atoms with E-state index in [4.69, 9.17) is 4.42 Å². The van der Waals surface area contributed by atoms with Crippen LogP contribution in [0, 0.1) is 10.1 Å². The van der Waals surface area contributed by atoms with Crippen LogP contribution in [0.3, 0.4) is 0 Å². The summed E-state index contributed by atoms with van der Waals surface area (Å²) >= 11 is 3.38. The second-order valence-corrected chi connectivity index (χ2v) is 6.32. The molecule has 1 aromatic heterocycles. The normalized spacial score (nSPS) is 11.0. The first kappa shape index (κ1) is 17.8. The molecule has 0 amide bonds. The number of ketones is 1. The number of hydrogen-bond acceptors (Lipinski definition) is 5. The molecule has 130 valence electrons. The molecule has 0 saturated carbocycles. The van der Waals surface area contributed by atoms with E-state index in [2.05, 4.69) is 20.9 Å². The summed E-state index contributed by atoms with van der Waals surface area (Å²) in [6.45, 7) is -0.0634. The maximum absolute atomic E-state index is 12.1. The number of benzene rings is 2. The summed E-state index contributed by atoms with van der Waals surface area (Å²) in [5.41, 5.74) is 1.26. The van der Waals surface area contributed by atoms with E-state index in [1.165, 1.54) is 30.5 Å². The molecule has 0 unspecified atom stereocenters. The third kappa shape index (κ3) is 4.31. The van der Waals surface area contributed by atoms with Crippen molar-refractivity contribution in [1.82, 2.24) is 0 Å². The number of nitrogens with zero attached hydrogens (tertiary/aromatic N) is 2. The monoisotopic (exact) mass is 412 g/mol. The molecule has 7 heteroatoms. The van der Waals surface area contributed by atoms with Gasteiger partial charge in [0.25, 0.3) is 5.69 Å². The average molecular weight is 413 g/mol. The van der Waals surface area contributed by atoms with E-state index < -0.39 is 4.92 Å². The van der Waals surface area contributed by atoms with Gasteiger partial charge in [-0.15, -0.1) is 0 Å². The molecule has 0 aliphatic rings. The molecule has 0 radical (unpaired) electrons. The highest BCUT2D eigenvalue weighted by atomic mass is 79.9. The van der Waals surface area contributed by atoms with Crippen LogP contribution in [0.1, 0.15) is 16.1 Å². The number of aliphatic imine (C=N–C) groups is 1. The fraction of sp³-hybridized carbons (Fsp3) is 0.0526. The Balaban J connectivity index is 1.62. The van der Waals surface area contributed by atoms with Gasteiger partial charge in [-0.25, -0.2) is 0 Å². The van der Waals surface area contributed by atoms with Crippen molar-refractivity contribution in [2.24, 2.45) is 4.99 Å². The van der Waals surface area contributed by atoms with Crippen molar-refractivity contribution in [1.29, 1.82) is 0 Å². The van der Waals surface area contributed by atoms with Crippen LogP contribution >= 0.6 is 15.9 Å². The van der Waals surface area contributed by atoms with E-state index in [0.29, 0.717) is 17.1 Å². The summed E-state index contributed by atoms with van der Waals surface area (Å²) in [6.07, 6.45) is 1.49. The van der Waals surface area contributed by atoms with Crippen molar-refractivity contribution in [3.8, 4) is 11.3 Å². The van der Waals surface area contributed by atoms with Gasteiger partial charge in [-0.2, -0.15) is 0 Å². The Morgan fingerprint density at radius 1 is 1.08 bits per heavy atom. The van der Waals surface area contributed by atoms with Gasteiger partial charge in [-0.3, -0.25) is 19.9 Å². The van der Waals surface area contributed by atoms with Gasteiger partial charge in [0.2, 0.25) is 0 Å². The minimum absolute atomic E-state index is 0.0545. The Morgan fingerprint density at radius 2 is 1.77 bits per heavy atom. The smallest absolute Gasteiger partial charge is 0.269 e. The molecule has 3 aromatic rings. The highest BCUT2D eigenvalue weighted by molar-refractivity contribution is 9.10. The van der Waals surface area contributed by atoms with Crippen LogP contribution in [0.2, 0.25) is 0 Å². The number of carbonyl (C=O) groups is 1. The zero-order chi connectivity index (χ0) is 18.5. The van der Waals surface area contributed by atoms with Crippen LogP contribution in [0.5, 0.6) is 0 Å². The summed E-state index contributed by atoms with van der Waals surface area (Å²) in [5, 5.41) is 10.6. The maximum Gasteiger partial charge on any atom is 0.269 e. The first-order valence-corrected chi connectivity index (χ1v) is 8.45. The quantitative estimate of drug-likeness (QED) is 0.249. The number of non-ortho nitro benzene ring substituents is 1. The molecule has 2 aromatic carbocycles. The Labute approximate surface area is 157 Å². The molecular formula is C19H13BrN2O4. The summed E-state index contributed by atoms with van der Waals surface area (Å²) in [6, 6.07) is 16.8. The molecule has 0 bridgehead atoms. The molecular weight excluding hydrogens is 400 g/mol. The lowest BCUT2D eigenvalue weighted by Gasteiger charge is -1.97. The lowest BCUT2D eigenvalue weighted by Crippen LogP contribution is -2.03. The molecule has 0 atom stereocenters. The van der Waals surface area contributed by atoms with Crippen molar-refractivity contribution in [2.45, 2.75) is 0 Å². The number of carbonyl (C=O) groups excluding carboxylic acids is 1. The van der Waals surface area contributed by atoms with Crippen LogP contribution in [0.25, 0.3) is 11.3 Å². The molecule has 26 heavy (non-hydrogen) atoms. The minimum Gasteiger partial charge on any atom is -0.455 e. The lowest BCUT2D eigenvalue weighted by molar-refractivity contribution is -0.384. The molecule has 0 saturated heterocycles. The molecule has 0 aliphatic heterocycles. The third-order valence-electron chi connectivity index (χ3n) is 3.61. The van der Waals surface area contributed by atoms with Gasteiger partial charge >= 0.3 is 0 Å². The van der Waals surface area contributed by atoms with Crippen molar-refractivity contribution >= 4 is 33.6 Å². The maximum atomic E-state index is 12.1. The number of Topliss-reactive ketones (excluding diaryl/α,β-unsaturated/α-hetero) is 1. The number of hydrogen-bond donors (Lipinski definition) is 0. The highest BCUT2D eigenvalue weighted by Gasteiger charge is 2.09. The number of rotatable bonds is 6. The molecule has 3 rings (SSSR count). The second kappa shape index (κ2) is 7.88. The van der Waals surface area contributed by atoms with Gasteiger partial charge in [0.05, 0.1) is 11.1 Å². The minimum atomic E-state index is -0.508. The van der Waals surface area contributed by atoms with Gasteiger partial charge in [0, 0.05) is 27.7 Å². The summed E-state index contributed by atoms with van der Waals surface area (Å²) in [5.74, 6) is 1.02. The second-order valence-electron chi connectivity index (χ2n) is 5.41. The number of nitro groups is 1. The average Bonchev–Trinajstić information content (AvgIpc) is 3.11. The third-order valence-corrected chi connectivity index (χ3v) is 4.14. The SMILES string of the molecule is O=C(CN=Cc1ccc(-c2ccc(Br)cc2)o1)c1ccc([N+](=O)[O-])cc1. The fourth-order valence-electron chi connectivity index (χ4n) is 2.27. The van der Waals surface area contributed by atoms with Crippen molar-refractivity contribution in [2.75, 3.05) is 6.54 Å². The van der Waals surface area contributed by atoms with E-state index in [1.54, 1.807) is 6.07 Å². The van der Waals surface area contributed by atoms with Crippen molar-refractivity contribution in [3.63, 3.8) is 0 Å². The zero-order valence-corrected chi connectivity index (χ0v) is 15.0. The molecule has 0 N–H and O–H groups in total. The molecule has 0 fully saturated rings. The van der Waals surface area contributed by atoms with Crippen LogP contribution in [-0.4, -0.2) is 23.5 Å². The Kier molecular flexibility index (Phi) is 5.38. The fourth-order valence-corrected chi connectivity index (χ4v) is 2.53. The van der Waals surface area contributed by atoms with Gasteiger partial charge in [-0.05, 0) is 36.4 Å². The van der Waals surface area contributed by atoms with E-state index in [9.17, 15) is 14.9 Å². The predicted molar refractivity (Wildman–Crippen MR) is 102 cm³/mol. The van der Waals surface area contributed by atoms with Crippen LogP contribution in [0.4, 0.5) is 5.69 Å². The standard InChI is InChI=1S/C19H13BrN2O4/c20-15-5-1-14(2-6-15)19-10-9-17(26-19)11-21-12-18(23)13-3-7-16(8-4-13)22(24)25/h1-11H,12H2. The zero-order valence-electron chi connectivity index (χ0n) is 13.5. The van der Waals surface area contributed by atoms with Crippen LogP contribution in [-0.2, 0) is 0 Å². The van der Waals surface area contributed by atoms with Crippen molar-refractivity contribution in [3.05, 3.63) is 86.6 Å². The number of nitro benzene ring substituents is 1. The highest BCUT2D eigenvalue weighted by Crippen LogP contribution is 2.23. The Morgan fingerprint density at radius 3 is 2.42 bits per heavy atom. The summed E-state index contributed by atoms with van der Waals surface area (Å²) in [7, 11) is 0. The summed E-state index contributed by atoms with van der Waals surface area (Å²) < 4.78 is 6.67. The molecule has 0 spiro atoms. The molecule has 6 nitrogen and oxygen atoms in total. The Hall–Kier alpha value is -3.06. The van der Waals surface area contributed by atoms with E-state index in [0.717, 1.165) is 10.0 Å².